The highest BCUT2D eigenvalue weighted by molar-refractivity contribution is 7.09. The van der Waals surface area contributed by atoms with Crippen LogP contribution in [0.15, 0.2) is 11.7 Å². The normalized spacial score (nSPS) is 18.4. The van der Waals surface area contributed by atoms with Crippen molar-refractivity contribution >= 4 is 11.3 Å². The molecule has 0 amide bonds. The highest BCUT2D eigenvalue weighted by Crippen LogP contribution is 2.38. The first kappa shape index (κ1) is 10.1. The number of nitrogens with one attached hydrogen (secondary N) is 1. The van der Waals surface area contributed by atoms with Gasteiger partial charge in [0.05, 0.1) is 5.51 Å². The van der Waals surface area contributed by atoms with E-state index in [1.807, 2.05) is 11.7 Å². The molecule has 1 N–H and O–H groups in total. The Labute approximate surface area is 89.8 Å². The topological polar surface area (TPSA) is 24.9 Å². The standard InChI is InChI=1S/C11H18N2S/c1-2-5-13-10(6-9-3-4-9)11-7-12-8-14-11/h7-10,13H,2-6H2,1H3. The summed E-state index contributed by atoms with van der Waals surface area (Å²) in [5, 5.41) is 3.61. The molecule has 0 bridgehead atoms. The van der Waals surface area contributed by atoms with E-state index >= 15 is 0 Å². The van der Waals surface area contributed by atoms with E-state index in [1.165, 1.54) is 30.6 Å². The van der Waals surface area contributed by atoms with Crippen LogP contribution < -0.4 is 5.32 Å². The first-order valence-corrected chi connectivity index (χ1v) is 6.40. The fourth-order valence-corrected chi connectivity index (χ4v) is 2.41. The first-order chi connectivity index (χ1) is 6.90. The zero-order valence-corrected chi connectivity index (χ0v) is 9.52. The van der Waals surface area contributed by atoms with Crippen LogP contribution in [0.25, 0.3) is 0 Å². The summed E-state index contributed by atoms with van der Waals surface area (Å²) in [5.74, 6) is 0.978. The van der Waals surface area contributed by atoms with Crippen LogP contribution in [0.4, 0.5) is 0 Å². The number of aromatic nitrogens is 1. The maximum absolute atomic E-state index is 4.16. The summed E-state index contributed by atoms with van der Waals surface area (Å²) in [5.41, 5.74) is 1.93. The molecular formula is C11H18N2S. The van der Waals surface area contributed by atoms with Crippen molar-refractivity contribution in [3.63, 3.8) is 0 Å². The van der Waals surface area contributed by atoms with Gasteiger partial charge in [-0.05, 0) is 25.3 Å². The van der Waals surface area contributed by atoms with Crippen molar-refractivity contribution in [1.29, 1.82) is 0 Å². The summed E-state index contributed by atoms with van der Waals surface area (Å²) in [6, 6.07) is 0.565. The second-order valence-corrected chi connectivity index (χ2v) is 5.01. The van der Waals surface area contributed by atoms with Crippen molar-refractivity contribution < 1.29 is 0 Å². The molecule has 1 unspecified atom stereocenters. The minimum atomic E-state index is 0.565. The molecule has 3 heteroatoms. The third-order valence-corrected chi connectivity index (χ3v) is 3.59. The molecule has 78 valence electrons. The molecule has 14 heavy (non-hydrogen) atoms. The van der Waals surface area contributed by atoms with Gasteiger partial charge in [-0.2, -0.15) is 0 Å². The van der Waals surface area contributed by atoms with Crippen molar-refractivity contribution in [2.75, 3.05) is 6.54 Å². The van der Waals surface area contributed by atoms with Gasteiger partial charge in [-0.15, -0.1) is 11.3 Å². The van der Waals surface area contributed by atoms with Crippen LogP contribution in [-0.4, -0.2) is 11.5 Å². The van der Waals surface area contributed by atoms with Crippen molar-refractivity contribution in [3.05, 3.63) is 16.6 Å². The summed E-state index contributed by atoms with van der Waals surface area (Å²) < 4.78 is 0. The van der Waals surface area contributed by atoms with E-state index in [0.29, 0.717) is 6.04 Å². The van der Waals surface area contributed by atoms with Crippen molar-refractivity contribution in [2.24, 2.45) is 5.92 Å². The first-order valence-electron chi connectivity index (χ1n) is 5.52. The van der Waals surface area contributed by atoms with Gasteiger partial charge in [-0.1, -0.05) is 19.8 Å². The number of thiazole rings is 1. The zero-order chi connectivity index (χ0) is 9.80. The fourth-order valence-electron chi connectivity index (χ4n) is 1.70. The van der Waals surface area contributed by atoms with E-state index in [4.69, 9.17) is 0 Å². The molecule has 1 saturated carbocycles. The summed E-state index contributed by atoms with van der Waals surface area (Å²) in [6.45, 7) is 3.34. The van der Waals surface area contributed by atoms with E-state index in [-0.39, 0.29) is 0 Å². The monoisotopic (exact) mass is 210 g/mol. The van der Waals surface area contributed by atoms with Crippen molar-refractivity contribution in [3.8, 4) is 0 Å². The van der Waals surface area contributed by atoms with Crippen LogP contribution >= 0.6 is 11.3 Å². The van der Waals surface area contributed by atoms with Gasteiger partial charge in [0.25, 0.3) is 0 Å². The predicted octanol–water partition coefficient (Wildman–Crippen LogP) is 2.98. The molecule has 0 saturated heterocycles. The molecule has 0 aliphatic heterocycles. The van der Waals surface area contributed by atoms with Gasteiger partial charge in [0.1, 0.15) is 0 Å². The van der Waals surface area contributed by atoms with Gasteiger partial charge in [-0.3, -0.25) is 4.98 Å². The largest absolute Gasteiger partial charge is 0.309 e. The summed E-state index contributed by atoms with van der Waals surface area (Å²) in [4.78, 5) is 5.57. The lowest BCUT2D eigenvalue weighted by molar-refractivity contribution is 0.479. The average molecular weight is 210 g/mol. The lowest BCUT2D eigenvalue weighted by atomic mass is 10.1. The van der Waals surface area contributed by atoms with Crippen LogP contribution in [-0.2, 0) is 0 Å². The minimum Gasteiger partial charge on any atom is -0.309 e. The predicted molar refractivity (Wildman–Crippen MR) is 60.5 cm³/mol. The molecule has 2 rings (SSSR count). The van der Waals surface area contributed by atoms with Crippen LogP contribution in [0.3, 0.4) is 0 Å². The third-order valence-electron chi connectivity index (χ3n) is 2.70. The average Bonchev–Trinajstić information content (AvgIpc) is 2.84. The summed E-state index contributed by atoms with van der Waals surface area (Å²) in [6.07, 6.45) is 7.40. The highest BCUT2D eigenvalue weighted by Gasteiger charge is 2.26. The van der Waals surface area contributed by atoms with Crippen LogP contribution in [0.5, 0.6) is 0 Å². The molecular weight excluding hydrogens is 192 g/mol. The fraction of sp³-hybridized carbons (Fsp3) is 0.727. The molecule has 0 aromatic carbocycles. The van der Waals surface area contributed by atoms with Crippen LogP contribution in [0, 0.1) is 5.92 Å². The molecule has 1 heterocycles. The Morgan fingerprint density at radius 2 is 2.50 bits per heavy atom. The molecule has 1 aromatic rings. The highest BCUT2D eigenvalue weighted by atomic mass is 32.1. The lowest BCUT2D eigenvalue weighted by Gasteiger charge is -2.15. The van der Waals surface area contributed by atoms with Gasteiger partial charge in [-0.25, -0.2) is 0 Å². The second-order valence-electron chi connectivity index (χ2n) is 4.09. The van der Waals surface area contributed by atoms with Crippen LogP contribution in [0.2, 0.25) is 0 Å². The summed E-state index contributed by atoms with van der Waals surface area (Å²) in [7, 11) is 0. The van der Waals surface area contributed by atoms with Crippen molar-refractivity contribution in [2.45, 2.75) is 38.6 Å². The van der Waals surface area contributed by atoms with Gasteiger partial charge in [0, 0.05) is 17.1 Å². The molecule has 1 aliphatic carbocycles. The van der Waals surface area contributed by atoms with Crippen molar-refractivity contribution in [1.82, 2.24) is 10.3 Å². The van der Waals surface area contributed by atoms with E-state index in [0.717, 1.165) is 12.5 Å². The molecule has 1 atom stereocenters. The Kier molecular flexibility index (Phi) is 3.54. The Bertz CT molecular complexity index is 254. The Hall–Kier alpha value is -0.410. The smallest absolute Gasteiger partial charge is 0.0794 e. The SMILES string of the molecule is CCCNC(CC1CC1)c1cncs1. The number of hydrogen-bond acceptors (Lipinski definition) is 3. The van der Waals surface area contributed by atoms with Gasteiger partial charge in [0.2, 0.25) is 0 Å². The third kappa shape index (κ3) is 2.79. The van der Waals surface area contributed by atoms with Gasteiger partial charge in [0.15, 0.2) is 0 Å². The lowest BCUT2D eigenvalue weighted by Crippen LogP contribution is -2.21. The molecule has 0 radical (unpaired) electrons. The second kappa shape index (κ2) is 4.89. The molecule has 1 aromatic heterocycles. The van der Waals surface area contributed by atoms with Crippen LogP contribution in [0.1, 0.15) is 43.5 Å². The number of nitrogens with zero attached hydrogens (tertiary/aromatic N) is 1. The maximum atomic E-state index is 4.16. The number of hydrogen-bond donors (Lipinski definition) is 1. The minimum absolute atomic E-state index is 0.565. The Morgan fingerprint density at radius 1 is 1.64 bits per heavy atom. The Balaban J connectivity index is 1.90. The molecule has 1 aliphatic rings. The van der Waals surface area contributed by atoms with E-state index in [2.05, 4.69) is 17.2 Å². The van der Waals surface area contributed by atoms with Gasteiger partial charge >= 0.3 is 0 Å². The van der Waals surface area contributed by atoms with Gasteiger partial charge < -0.3 is 5.32 Å². The maximum Gasteiger partial charge on any atom is 0.0794 e. The number of rotatable bonds is 6. The molecule has 2 nitrogen and oxygen atoms in total. The van der Waals surface area contributed by atoms with E-state index < -0.39 is 0 Å². The Morgan fingerprint density at radius 3 is 3.07 bits per heavy atom. The summed E-state index contributed by atoms with van der Waals surface area (Å²) >= 11 is 1.78. The zero-order valence-electron chi connectivity index (χ0n) is 8.70. The molecule has 1 fully saturated rings. The van der Waals surface area contributed by atoms with E-state index in [9.17, 15) is 0 Å². The molecule has 0 spiro atoms. The van der Waals surface area contributed by atoms with E-state index in [1.54, 1.807) is 11.3 Å². The quantitative estimate of drug-likeness (QED) is 0.780.